The largest absolute Gasteiger partial charge is 0.178 e. The first kappa shape index (κ1) is 19.7. The normalized spacial score (nSPS) is 51.8. The summed E-state index contributed by atoms with van der Waals surface area (Å²) in [6.07, 6.45) is 0. The number of hydrogen-bond donors (Lipinski definition) is 0. The average Bonchev–Trinajstić information content (AvgIpc) is 2.65. The molecule has 124 valence electrons. The van der Waals surface area contributed by atoms with Crippen LogP contribution < -0.4 is 0 Å². The molecule has 1 fully saturated rings. The van der Waals surface area contributed by atoms with Crippen molar-refractivity contribution in [3.05, 3.63) is 20.1 Å². The first-order valence-electron chi connectivity index (χ1n) is 5.27. The van der Waals surface area contributed by atoms with E-state index in [9.17, 15) is 0 Å². The van der Waals surface area contributed by atoms with E-state index < -0.39 is 28.2 Å². The van der Waals surface area contributed by atoms with Crippen LogP contribution in [0.3, 0.4) is 0 Å². The molecule has 3 aliphatic rings. The number of hydrogen-bond acceptors (Lipinski definition) is 0. The Labute approximate surface area is 185 Å². The number of allylic oxidation sites excluding steroid dienone is 4. The van der Waals surface area contributed by atoms with Crippen LogP contribution in [0.5, 0.6) is 0 Å². The van der Waals surface area contributed by atoms with E-state index in [1.807, 2.05) is 0 Å². The van der Waals surface area contributed by atoms with Gasteiger partial charge in [-0.2, -0.15) is 0 Å². The minimum atomic E-state index is -2.09. The van der Waals surface area contributed by atoms with Gasteiger partial charge in [0.2, 0.25) is 0 Å². The van der Waals surface area contributed by atoms with Crippen molar-refractivity contribution in [3.8, 4) is 0 Å². The Morgan fingerprint density at radius 1 is 0.455 bits per heavy atom. The molecule has 0 saturated heterocycles. The van der Waals surface area contributed by atoms with E-state index >= 15 is 0 Å². The van der Waals surface area contributed by atoms with Gasteiger partial charge in [0, 0.05) is 0 Å². The van der Waals surface area contributed by atoms with Crippen LogP contribution in [0.25, 0.3) is 0 Å². The Morgan fingerprint density at radius 2 is 0.818 bits per heavy atom. The van der Waals surface area contributed by atoms with Gasteiger partial charge in [0.25, 0.3) is 0 Å². The lowest BCUT2D eigenvalue weighted by Gasteiger charge is -2.48. The molecule has 0 aliphatic heterocycles. The SMILES string of the molecule is ClC1=C(Cl)[C@]2(Cl)[C@](Cl)(C1(Cl)Cl)[C@@]1(Cl)C(Cl)=C(Cl)[C@]2(Cl)C1(Cl)Cl. The van der Waals surface area contributed by atoms with Crippen molar-refractivity contribution in [2.75, 3.05) is 0 Å². The highest BCUT2D eigenvalue weighted by Crippen LogP contribution is 2.88. The van der Waals surface area contributed by atoms with Crippen LogP contribution in [0.2, 0.25) is 0 Å². The van der Waals surface area contributed by atoms with Gasteiger partial charge in [-0.1, -0.05) is 92.8 Å². The third-order valence-electron chi connectivity index (χ3n) is 4.29. The Bertz CT molecular complexity index is 677. The molecule has 4 atom stereocenters. The summed E-state index contributed by atoms with van der Waals surface area (Å²) >= 11 is 76.8. The molecule has 0 amide bonds. The summed E-state index contributed by atoms with van der Waals surface area (Å²) in [5, 5.41) is -0.974. The molecule has 0 aromatic carbocycles. The molecule has 0 radical (unpaired) electrons. The lowest BCUT2D eigenvalue weighted by Crippen LogP contribution is -2.64. The molecular formula is C10Cl12. The zero-order valence-electron chi connectivity index (χ0n) is 9.54. The van der Waals surface area contributed by atoms with Crippen molar-refractivity contribution in [1.82, 2.24) is 0 Å². The molecule has 0 unspecified atom stereocenters. The van der Waals surface area contributed by atoms with Crippen LogP contribution in [-0.2, 0) is 0 Å². The highest BCUT2D eigenvalue weighted by Gasteiger charge is 2.99. The summed E-state index contributed by atoms with van der Waals surface area (Å²) in [4.78, 5) is -8.18. The van der Waals surface area contributed by atoms with Crippen LogP contribution >= 0.6 is 139 Å². The minimum Gasteiger partial charge on any atom is -0.111 e. The van der Waals surface area contributed by atoms with E-state index in [4.69, 9.17) is 139 Å². The maximum atomic E-state index is 6.69. The number of rotatable bonds is 0. The molecule has 0 nitrogen and oxygen atoms in total. The highest BCUT2D eigenvalue weighted by molar-refractivity contribution is 6.75. The van der Waals surface area contributed by atoms with E-state index in [1.165, 1.54) is 0 Å². The van der Waals surface area contributed by atoms with E-state index in [0.717, 1.165) is 0 Å². The van der Waals surface area contributed by atoms with Crippen LogP contribution in [0, 0.1) is 0 Å². The Balaban J connectivity index is 2.57. The fraction of sp³-hybridized carbons (Fsp3) is 0.600. The zero-order valence-corrected chi connectivity index (χ0v) is 18.6. The van der Waals surface area contributed by atoms with Gasteiger partial charge in [0.15, 0.2) is 8.67 Å². The first-order valence-corrected chi connectivity index (χ1v) is 9.80. The van der Waals surface area contributed by atoms with Gasteiger partial charge in [-0.3, -0.25) is 0 Å². The molecule has 3 rings (SSSR count). The van der Waals surface area contributed by atoms with Crippen molar-refractivity contribution in [2.45, 2.75) is 28.2 Å². The van der Waals surface area contributed by atoms with Crippen molar-refractivity contribution in [1.29, 1.82) is 0 Å². The molecule has 12 heteroatoms. The van der Waals surface area contributed by atoms with Gasteiger partial charge in [-0.25, -0.2) is 0 Å². The summed E-state index contributed by atoms with van der Waals surface area (Å²) in [6, 6.07) is 0. The van der Waals surface area contributed by atoms with Crippen molar-refractivity contribution in [3.63, 3.8) is 0 Å². The first-order chi connectivity index (χ1) is 9.63. The zero-order chi connectivity index (χ0) is 17.3. The molecule has 0 spiro atoms. The quantitative estimate of drug-likeness (QED) is 0.274. The maximum absolute atomic E-state index is 6.69. The lowest BCUT2D eigenvalue weighted by atomic mass is 9.82. The Kier molecular flexibility index (Phi) is 4.36. The molecule has 3 aliphatic carbocycles. The van der Waals surface area contributed by atoms with Gasteiger partial charge in [0.1, 0.15) is 19.5 Å². The molecule has 0 heterocycles. The smallest absolute Gasteiger partial charge is 0.111 e. The standard InChI is InChI=1S/C10Cl12/c11-1-2(12)7(17)9(20)5(15,6(1,16)10(7,21)22)3(13)4(14)8(9,18)19/t5-,6-,7+,9-/m1/s1. The summed E-state index contributed by atoms with van der Waals surface area (Å²) in [5.74, 6) is 0. The van der Waals surface area contributed by atoms with Crippen LogP contribution in [-0.4, -0.2) is 28.2 Å². The minimum absolute atomic E-state index is 0.212. The van der Waals surface area contributed by atoms with Crippen molar-refractivity contribution < 1.29 is 0 Å². The second-order valence-corrected chi connectivity index (χ2v) is 11.5. The third-order valence-corrected chi connectivity index (χ3v) is 12.9. The molecule has 0 N–H and O–H groups in total. The van der Waals surface area contributed by atoms with E-state index in [-0.39, 0.29) is 20.1 Å². The molecule has 0 aromatic heterocycles. The van der Waals surface area contributed by atoms with Crippen LogP contribution in [0.4, 0.5) is 0 Å². The summed E-state index contributed by atoms with van der Waals surface area (Å²) in [6.45, 7) is 0. The molecular weight excluding hydrogens is 546 g/mol. The third kappa shape index (κ3) is 1.40. The van der Waals surface area contributed by atoms with Gasteiger partial charge in [0.05, 0.1) is 20.1 Å². The maximum Gasteiger partial charge on any atom is 0.178 e. The topological polar surface area (TPSA) is 0 Å². The number of fused-ring (bicyclic) bond motifs is 5. The molecule has 22 heavy (non-hydrogen) atoms. The predicted molar refractivity (Wildman–Crippen MR) is 101 cm³/mol. The Hall–Kier alpha value is 2.96. The summed E-state index contributed by atoms with van der Waals surface area (Å²) in [5.41, 5.74) is 0. The monoisotopic (exact) mass is 540 g/mol. The Morgan fingerprint density at radius 3 is 1.27 bits per heavy atom. The van der Waals surface area contributed by atoms with Crippen molar-refractivity contribution in [2.24, 2.45) is 0 Å². The summed E-state index contributed by atoms with van der Waals surface area (Å²) in [7, 11) is 0. The fourth-order valence-electron chi connectivity index (χ4n) is 3.20. The van der Waals surface area contributed by atoms with E-state index in [0.29, 0.717) is 0 Å². The molecule has 0 aromatic rings. The number of halogens is 12. The van der Waals surface area contributed by atoms with Gasteiger partial charge in [-0.15, -0.1) is 46.4 Å². The van der Waals surface area contributed by atoms with Gasteiger partial charge < -0.3 is 0 Å². The average molecular weight is 546 g/mol. The second-order valence-electron chi connectivity index (χ2n) is 5.04. The van der Waals surface area contributed by atoms with Crippen LogP contribution in [0.1, 0.15) is 0 Å². The molecule has 1 saturated carbocycles. The van der Waals surface area contributed by atoms with Crippen molar-refractivity contribution >= 4 is 139 Å². The van der Waals surface area contributed by atoms with E-state index in [1.54, 1.807) is 0 Å². The summed E-state index contributed by atoms with van der Waals surface area (Å²) < 4.78 is -4.17. The van der Waals surface area contributed by atoms with E-state index in [2.05, 4.69) is 0 Å². The van der Waals surface area contributed by atoms with Crippen LogP contribution in [0.15, 0.2) is 20.1 Å². The predicted octanol–water partition coefficient (Wildman–Crippen LogP) is 7.66. The molecule has 2 bridgehead atoms. The van der Waals surface area contributed by atoms with Gasteiger partial charge >= 0.3 is 0 Å². The fourth-order valence-corrected chi connectivity index (χ4v) is 9.84. The highest BCUT2D eigenvalue weighted by atomic mass is 35.5. The van der Waals surface area contributed by atoms with Gasteiger partial charge in [-0.05, 0) is 0 Å². The number of alkyl halides is 8. The lowest BCUT2D eigenvalue weighted by molar-refractivity contribution is 0.460. The second kappa shape index (κ2) is 4.86.